The van der Waals surface area contributed by atoms with Gasteiger partial charge < -0.3 is 14.6 Å². The molecular weight excluding hydrogens is 290 g/mol. The predicted molar refractivity (Wildman–Crippen MR) is 79.2 cm³/mol. The van der Waals surface area contributed by atoms with Gasteiger partial charge in [-0.3, -0.25) is 0 Å². The van der Waals surface area contributed by atoms with Crippen molar-refractivity contribution >= 4 is 0 Å². The summed E-state index contributed by atoms with van der Waals surface area (Å²) in [6, 6.07) is 0. The van der Waals surface area contributed by atoms with Crippen LogP contribution in [0.4, 0.5) is 8.78 Å². The smallest absolute Gasteiger partial charge is 0.261 e. The normalized spacial score (nSPS) is 26.8. The number of ether oxygens (including phenoxy) is 2. The fourth-order valence-electron chi connectivity index (χ4n) is 3.07. The molecule has 2 aliphatic rings. The second-order valence-electron chi connectivity index (χ2n) is 6.39. The quantitative estimate of drug-likeness (QED) is 0.629. The van der Waals surface area contributed by atoms with Gasteiger partial charge in [0.25, 0.3) is 6.43 Å². The van der Waals surface area contributed by atoms with E-state index >= 15 is 0 Å². The van der Waals surface area contributed by atoms with E-state index < -0.39 is 23.5 Å². The lowest BCUT2D eigenvalue weighted by Crippen LogP contribution is -2.44. The number of rotatable bonds is 2. The molecule has 2 rings (SSSR count). The zero-order valence-electron chi connectivity index (χ0n) is 13.2. The van der Waals surface area contributed by atoms with Crippen LogP contribution in [-0.2, 0) is 9.47 Å². The van der Waals surface area contributed by atoms with Crippen LogP contribution in [-0.4, -0.2) is 37.1 Å². The van der Waals surface area contributed by atoms with Crippen LogP contribution in [0.15, 0.2) is 23.3 Å². The zero-order chi connectivity index (χ0) is 16.4. The Morgan fingerprint density at radius 1 is 1.45 bits per heavy atom. The Bertz CT molecular complexity index is 532. The molecule has 1 aliphatic heterocycles. The highest BCUT2D eigenvalue weighted by Crippen LogP contribution is 2.49. The fourth-order valence-corrected chi connectivity index (χ4v) is 3.07. The van der Waals surface area contributed by atoms with E-state index in [0.29, 0.717) is 25.2 Å². The number of aliphatic hydroxyl groups is 1. The summed E-state index contributed by atoms with van der Waals surface area (Å²) >= 11 is 0. The highest BCUT2D eigenvalue weighted by atomic mass is 19.3. The van der Waals surface area contributed by atoms with Crippen LogP contribution < -0.4 is 0 Å². The van der Waals surface area contributed by atoms with Crippen molar-refractivity contribution < 1.29 is 23.4 Å². The molecular formula is C17H22F2O3. The van der Waals surface area contributed by atoms with Crippen molar-refractivity contribution in [2.24, 2.45) is 11.3 Å². The summed E-state index contributed by atoms with van der Waals surface area (Å²) in [5.41, 5.74) is 0.125. The third-order valence-electron chi connectivity index (χ3n) is 4.04. The molecule has 1 fully saturated rings. The van der Waals surface area contributed by atoms with Crippen LogP contribution in [0, 0.1) is 23.2 Å². The van der Waals surface area contributed by atoms with Crippen LogP contribution in [0.1, 0.15) is 27.2 Å². The van der Waals surface area contributed by atoms with Gasteiger partial charge >= 0.3 is 0 Å². The molecule has 1 heterocycles. The number of aliphatic hydroxyl groups excluding tert-OH is 1. The molecule has 1 saturated heterocycles. The highest BCUT2D eigenvalue weighted by molar-refractivity contribution is 5.36. The predicted octanol–water partition coefficient (Wildman–Crippen LogP) is 2.91. The Labute approximate surface area is 130 Å². The van der Waals surface area contributed by atoms with E-state index in [-0.39, 0.29) is 12.2 Å². The minimum absolute atomic E-state index is 0.0394. The van der Waals surface area contributed by atoms with Crippen LogP contribution in [0.2, 0.25) is 0 Å². The zero-order valence-corrected chi connectivity index (χ0v) is 13.2. The molecule has 1 aliphatic carbocycles. The Kier molecular flexibility index (Phi) is 5.06. The van der Waals surface area contributed by atoms with Gasteiger partial charge in [0.1, 0.15) is 0 Å². The van der Waals surface area contributed by atoms with Gasteiger partial charge in [0.05, 0.1) is 25.7 Å². The fraction of sp³-hybridized carbons (Fsp3) is 0.647. The second kappa shape index (κ2) is 6.49. The molecule has 122 valence electrons. The maximum Gasteiger partial charge on any atom is 0.261 e. The summed E-state index contributed by atoms with van der Waals surface area (Å²) in [5, 5.41) is 8.85. The maximum atomic E-state index is 13.5. The van der Waals surface area contributed by atoms with Crippen LogP contribution >= 0.6 is 0 Å². The van der Waals surface area contributed by atoms with E-state index in [0.717, 1.165) is 0 Å². The van der Waals surface area contributed by atoms with Crippen molar-refractivity contribution in [1.29, 1.82) is 0 Å². The lowest BCUT2D eigenvalue weighted by atomic mass is 9.66. The first kappa shape index (κ1) is 17.1. The van der Waals surface area contributed by atoms with Gasteiger partial charge in [0.15, 0.2) is 5.79 Å². The SMILES string of the molecule is C/C(C#CC1C(C(F)F)=CC2(CC1(C)C)OCCO2)=C\CO. The van der Waals surface area contributed by atoms with E-state index in [2.05, 4.69) is 11.8 Å². The molecule has 1 atom stereocenters. The maximum absolute atomic E-state index is 13.5. The largest absolute Gasteiger partial charge is 0.392 e. The van der Waals surface area contributed by atoms with E-state index in [9.17, 15) is 8.78 Å². The van der Waals surface area contributed by atoms with E-state index in [1.165, 1.54) is 6.08 Å². The van der Waals surface area contributed by atoms with Crippen molar-refractivity contribution in [2.75, 3.05) is 19.8 Å². The Morgan fingerprint density at radius 3 is 2.64 bits per heavy atom. The standard InChI is InChI=1S/C17H22F2O3/c1-12(6-7-20)4-5-14-13(15(18)19)10-17(11-16(14,2)3)21-8-9-22-17/h6,10,14-15,20H,7-9,11H2,1-3H3/b12-6+. The molecule has 0 bridgehead atoms. The Hall–Kier alpha value is -1.22. The molecule has 0 aromatic heterocycles. The van der Waals surface area contributed by atoms with Crippen LogP contribution in [0.3, 0.4) is 0 Å². The van der Waals surface area contributed by atoms with Crippen molar-refractivity contribution in [1.82, 2.24) is 0 Å². The Balaban J connectivity index is 2.40. The number of hydrogen-bond acceptors (Lipinski definition) is 3. The second-order valence-corrected chi connectivity index (χ2v) is 6.39. The molecule has 1 N–H and O–H groups in total. The number of alkyl halides is 2. The van der Waals surface area contributed by atoms with Gasteiger partial charge in [0.2, 0.25) is 0 Å². The highest BCUT2D eigenvalue weighted by Gasteiger charge is 2.50. The van der Waals surface area contributed by atoms with E-state index in [1.54, 1.807) is 13.0 Å². The first-order chi connectivity index (χ1) is 10.3. The molecule has 22 heavy (non-hydrogen) atoms. The molecule has 0 aromatic rings. The van der Waals surface area contributed by atoms with Crippen molar-refractivity contribution in [3.05, 3.63) is 23.3 Å². The van der Waals surface area contributed by atoms with Crippen LogP contribution in [0.5, 0.6) is 0 Å². The molecule has 1 spiro atoms. The molecule has 5 heteroatoms. The monoisotopic (exact) mass is 312 g/mol. The summed E-state index contributed by atoms with van der Waals surface area (Å²) in [5.74, 6) is 4.20. The Morgan fingerprint density at radius 2 is 2.09 bits per heavy atom. The minimum atomic E-state index is -2.61. The van der Waals surface area contributed by atoms with Gasteiger partial charge in [-0.15, -0.1) is 0 Å². The van der Waals surface area contributed by atoms with E-state index in [4.69, 9.17) is 14.6 Å². The van der Waals surface area contributed by atoms with E-state index in [1.807, 2.05) is 13.8 Å². The van der Waals surface area contributed by atoms with Gasteiger partial charge in [-0.25, -0.2) is 8.78 Å². The van der Waals surface area contributed by atoms with Crippen molar-refractivity contribution in [3.8, 4) is 11.8 Å². The van der Waals surface area contributed by atoms with Gasteiger partial charge in [-0.05, 0) is 30.1 Å². The summed E-state index contributed by atoms with van der Waals surface area (Å²) in [6.45, 7) is 6.27. The molecule has 3 nitrogen and oxygen atoms in total. The molecule has 0 amide bonds. The third-order valence-corrected chi connectivity index (χ3v) is 4.04. The van der Waals surface area contributed by atoms with Crippen molar-refractivity contribution in [3.63, 3.8) is 0 Å². The van der Waals surface area contributed by atoms with Gasteiger partial charge in [0, 0.05) is 12.0 Å². The summed E-state index contributed by atoms with van der Waals surface area (Å²) in [7, 11) is 0. The van der Waals surface area contributed by atoms with Gasteiger partial charge in [-0.2, -0.15) is 0 Å². The number of hydrogen-bond donors (Lipinski definition) is 1. The van der Waals surface area contributed by atoms with Crippen LogP contribution in [0.25, 0.3) is 0 Å². The molecule has 0 radical (unpaired) electrons. The molecule has 0 aromatic carbocycles. The summed E-state index contributed by atoms with van der Waals surface area (Å²) < 4.78 is 38.2. The topological polar surface area (TPSA) is 38.7 Å². The lowest BCUT2D eigenvalue weighted by molar-refractivity contribution is -0.151. The van der Waals surface area contributed by atoms with Gasteiger partial charge in [-0.1, -0.05) is 25.7 Å². The number of allylic oxidation sites excluding steroid dienone is 2. The third kappa shape index (κ3) is 3.57. The summed E-state index contributed by atoms with van der Waals surface area (Å²) in [4.78, 5) is 0. The van der Waals surface area contributed by atoms with Crippen molar-refractivity contribution in [2.45, 2.75) is 39.4 Å². The first-order valence-corrected chi connectivity index (χ1v) is 7.37. The lowest BCUT2D eigenvalue weighted by Gasteiger charge is -2.43. The molecule has 0 saturated carbocycles. The average Bonchev–Trinajstić information content (AvgIpc) is 2.84. The average molecular weight is 312 g/mol. The molecule has 1 unspecified atom stereocenters. The minimum Gasteiger partial charge on any atom is -0.392 e. The summed E-state index contributed by atoms with van der Waals surface area (Å²) in [6.07, 6.45) is 0.850. The first-order valence-electron chi connectivity index (χ1n) is 7.37. The number of halogens is 2.